The minimum atomic E-state index is -1.20. The molecule has 3 N–H and O–H groups in total. The first-order valence-corrected chi connectivity index (χ1v) is 4.89. The molecule has 0 amide bonds. The van der Waals surface area contributed by atoms with Crippen LogP contribution in [-0.4, -0.2) is 29.3 Å². The number of carboxylic acids is 1. The van der Waals surface area contributed by atoms with Crippen molar-refractivity contribution in [1.29, 1.82) is 0 Å². The summed E-state index contributed by atoms with van der Waals surface area (Å²) in [5.41, 5.74) is 4.39. The minimum Gasteiger partial charge on any atom is -0.480 e. The van der Waals surface area contributed by atoms with E-state index in [9.17, 15) is 4.79 Å². The molecule has 0 aliphatic rings. The largest absolute Gasteiger partial charge is 0.480 e. The van der Waals surface area contributed by atoms with Crippen molar-refractivity contribution in [2.75, 3.05) is 6.61 Å². The molecule has 0 saturated carbocycles. The van der Waals surface area contributed by atoms with Crippen LogP contribution in [0.3, 0.4) is 0 Å². The van der Waals surface area contributed by atoms with Gasteiger partial charge >= 0.3 is 5.97 Å². The normalized spacial score (nSPS) is 17.9. The second-order valence-electron chi connectivity index (χ2n) is 4.46. The van der Waals surface area contributed by atoms with Crippen LogP contribution in [0, 0.1) is 5.92 Å². The predicted octanol–water partition coefficient (Wildman–Crippen LogP) is 1.24. The molecule has 0 radical (unpaired) electrons. The van der Waals surface area contributed by atoms with E-state index in [0.717, 1.165) is 0 Å². The average molecular weight is 203 g/mol. The Labute approximate surface area is 85.4 Å². The second-order valence-corrected chi connectivity index (χ2v) is 4.46. The van der Waals surface area contributed by atoms with Gasteiger partial charge in [0.1, 0.15) is 5.54 Å². The van der Waals surface area contributed by atoms with E-state index < -0.39 is 11.5 Å². The van der Waals surface area contributed by atoms with Crippen LogP contribution in [0.2, 0.25) is 0 Å². The van der Waals surface area contributed by atoms with E-state index in [1.54, 1.807) is 0 Å². The first-order valence-electron chi connectivity index (χ1n) is 4.89. The van der Waals surface area contributed by atoms with Gasteiger partial charge in [0, 0.05) is 13.0 Å². The van der Waals surface area contributed by atoms with Gasteiger partial charge in [0.05, 0.1) is 6.10 Å². The molecule has 2 unspecified atom stereocenters. The first kappa shape index (κ1) is 13.4. The number of hydrogen-bond donors (Lipinski definition) is 2. The van der Waals surface area contributed by atoms with Crippen LogP contribution in [0.1, 0.15) is 34.1 Å². The molecule has 84 valence electrons. The van der Waals surface area contributed by atoms with Crippen LogP contribution < -0.4 is 5.73 Å². The van der Waals surface area contributed by atoms with Gasteiger partial charge in [-0.1, -0.05) is 13.8 Å². The Morgan fingerprint density at radius 2 is 2.00 bits per heavy atom. The fourth-order valence-corrected chi connectivity index (χ4v) is 1.10. The van der Waals surface area contributed by atoms with Crippen molar-refractivity contribution >= 4 is 5.97 Å². The van der Waals surface area contributed by atoms with Crippen LogP contribution in [0.5, 0.6) is 0 Å². The Bertz CT molecular complexity index is 190. The topological polar surface area (TPSA) is 72.5 Å². The van der Waals surface area contributed by atoms with Crippen molar-refractivity contribution in [2.24, 2.45) is 11.7 Å². The quantitative estimate of drug-likeness (QED) is 0.681. The fourth-order valence-electron chi connectivity index (χ4n) is 1.10. The number of nitrogens with two attached hydrogens (primary N) is 1. The lowest BCUT2D eigenvalue weighted by molar-refractivity contribution is -0.144. The zero-order valence-corrected chi connectivity index (χ0v) is 9.41. The van der Waals surface area contributed by atoms with Crippen molar-refractivity contribution in [2.45, 2.75) is 45.8 Å². The van der Waals surface area contributed by atoms with Gasteiger partial charge < -0.3 is 15.6 Å². The predicted molar refractivity (Wildman–Crippen MR) is 55.1 cm³/mol. The zero-order valence-electron chi connectivity index (χ0n) is 9.41. The molecule has 4 nitrogen and oxygen atoms in total. The molecule has 0 aliphatic heterocycles. The number of aliphatic carboxylic acids is 1. The van der Waals surface area contributed by atoms with E-state index >= 15 is 0 Å². The smallest absolute Gasteiger partial charge is 0.323 e. The molecule has 2 atom stereocenters. The van der Waals surface area contributed by atoms with E-state index in [1.165, 1.54) is 6.92 Å². The lowest BCUT2D eigenvalue weighted by Gasteiger charge is -2.24. The molecule has 0 saturated heterocycles. The third-order valence-electron chi connectivity index (χ3n) is 1.91. The summed E-state index contributed by atoms with van der Waals surface area (Å²) in [6.07, 6.45) is 0.207. The van der Waals surface area contributed by atoms with Gasteiger partial charge in [-0.15, -0.1) is 0 Å². The summed E-state index contributed by atoms with van der Waals surface area (Å²) in [7, 11) is 0. The molecule has 0 rings (SSSR count). The minimum absolute atomic E-state index is 0.122. The SMILES string of the molecule is CC(C)COC(C)CC(C)(N)C(=O)O. The molecule has 0 spiro atoms. The fraction of sp³-hybridized carbons (Fsp3) is 0.900. The van der Waals surface area contributed by atoms with Gasteiger partial charge in [-0.2, -0.15) is 0 Å². The van der Waals surface area contributed by atoms with Gasteiger partial charge in [0.15, 0.2) is 0 Å². The molecule has 0 aromatic rings. The van der Waals surface area contributed by atoms with E-state index in [4.69, 9.17) is 15.6 Å². The Kier molecular flexibility index (Phi) is 5.08. The number of carboxylic acid groups (broad SMARTS) is 1. The third kappa shape index (κ3) is 5.19. The maximum Gasteiger partial charge on any atom is 0.323 e. The molecule has 0 fully saturated rings. The van der Waals surface area contributed by atoms with Crippen LogP contribution in [0.4, 0.5) is 0 Å². The van der Waals surface area contributed by atoms with Gasteiger partial charge in [0.25, 0.3) is 0 Å². The van der Waals surface area contributed by atoms with Crippen LogP contribution in [0.25, 0.3) is 0 Å². The highest BCUT2D eigenvalue weighted by molar-refractivity contribution is 5.77. The average Bonchev–Trinajstić information content (AvgIpc) is 1.99. The van der Waals surface area contributed by atoms with Crippen molar-refractivity contribution in [3.05, 3.63) is 0 Å². The number of carbonyl (C=O) groups is 1. The maximum absolute atomic E-state index is 10.7. The standard InChI is InChI=1S/C10H21NO3/c1-7(2)6-14-8(3)5-10(4,11)9(12)13/h7-8H,5-6,11H2,1-4H3,(H,12,13). The molecule has 0 heterocycles. The lowest BCUT2D eigenvalue weighted by atomic mass is 9.96. The maximum atomic E-state index is 10.7. The van der Waals surface area contributed by atoms with E-state index in [-0.39, 0.29) is 6.10 Å². The third-order valence-corrected chi connectivity index (χ3v) is 1.91. The Morgan fingerprint density at radius 1 is 1.50 bits per heavy atom. The highest BCUT2D eigenvalue weighted by Crippen LogP contribution is 2.12. The van der Waals surface area contributed by atoms with Crippen molar-refractivity contribution in [3.63, 3.8) is 0 Å². The molecular formula is C10H21NO3. The summed E-state index contributed by atoms with van der Waals surface area (Å²) >= 11 is 0. The van der Waals surface area contributed by atoms with Gasteiger partial charge in [-0.3, -0.25) is 4.79 Å². The summed E-state index contributed by atoms with van der Waals surface area (Å²) in [5, 5.41) is 8.79. The molecular weight excluding hydrogens is 182 g/mol. The highest BCUT2D eigenvalue weighted by Gasteiger charge is 2.30. The van der Waals surface area contributed by atoms with Crippen LogP contribution in [0.15, 0.2) is 0 Å². The summed E-state index contributed by atoms with van der Waals surface area (Å²) in [4.78, 5) is 10.7. The molecule has 0 aliphatic carbocycles. The molecule has 0 bridgehead atoms. The van der Waals surface area contributed by atoms with Crippen molar-refractivity contribution in [3.8, 4) is 0 Å². The van der Waals surface area contributed by atoms with E-state index in [2.05, 4.69) is 0 Å². The van der Waals surface area contributed by atoms with Crippen LogP contribution >= 0.6 is 0 Å². The summed E-state index contributed by atoms with van der Waals surface area (Å²) < 4.78 is 5.45. The molecule has 0 aromatic carbocycles. The van der Waals surface area contributed by atoms with E-state index in [1.807, 2.05) is 20.8 Å². The van der Waals surface area contributed by atoms with Gasteiger partial charge in [-0.25, -0.2) is 0 Å². The van der Waals surface area contributed by atoms with Crippen molar-refractivity contribution < 1.29 is 14.6 Å². The summed E-state index contributed by atoms with van der Waals surface area (Å²) in [5.74, 6) is -0.538. The molecule has 4 heteroatoms. The highest BCUT2D eigenvalue weighted by atomic mass is 16.5. The first-order chi connectivity index (χ1) is 6.25. The zero-order chi connectivity index (χ0) is 11.4. The summed E-state index contributed by atoms with van der Waals surface area (Å²) in [6.45, 7) is 8.08. The number of rotatable bonds is 6. The molecule has 0 aromatic heterocycles. The lowest BCUT2D eigenvalue weighted by Crippen LogP contribution is -2.47. The Hall–Kier alpha value is -0.610. The van der Waals surface area contributed by atoms with Crippen LogP contribution in [-0.2, 0) is 9.53 Å². The Morgan fingerprint density at radius 3 is 2.36 bits per heavy atom. The number of ether oxygens (including phenoxy) is 1. The van der Waals surface area contributed by atoms with Crippen molar-refractivity contribution in [1.82, 2.24) is 0 Å². The summed E-state index contributed by atoms with van der Waals surface area (Å²) in [6, 6.07) is 0. The number of hydrogen-bond acceptors (Lipinski definition) is 3. The van der Waals surface area contributed by atoms with Gasteiger partial charge in [-0.05, 0) is 19.8 Å². The Balaban J connectivity index is 3.93. The molecule has 14 heavy (non-hydrogen) atoms. The van der Waals surface area contributed by atoms with Gasteiger partial charge in [0.2, 0.25) is 0 Å². The second kappa shape index (κ2) is 5.32. The monoisotopic (exact) mass is 203 g/mol. The van der Waals surface area contributed by atoms with E-state index in [0.29, 0.717) is 18.9 Å².